The van der Waals surface area contributed by atoms with Crippen LogP contribution in [0.5, 0.6) is 0 Å². The van der Waals surface area contributed by atoms with Crippen LogP contribution >= 0.6 is 0 Å². The van der Waals surface area contributed by atoms with Gasteiger partial charge in [0.05, 0.1) is 11.1 Å². The van der Waals surface area contributed by atoms with Gasteiger partial charge in [0, 0.05) is 31.3 Å². The van der Waals surface area contributed by atoms with Gasteiger partial charge in [-0.05, 0) is 31.5 Å². The quantitative estimate of drug-likeness (QED) is 0.818. The van der Waals surface area contributed by atoms with Gasteiger partial charge in [-0.2, -0.15) is 9.40 Å². The van der Waals surface area contributed by atoms with Crippen LogP contribution in [0.2, 0.25) is 0 Å². The molecule has 0 saturated heterocycles. The fourth-order valence-corrected chi connectivity index (χ4v) is 4.31. The van der Waals surface area contributed by atoms with E-state index in [0.29, 0.717) is 36.6 Å². The Hall–Kier alpha value is -2.19. The Morgan fingerprint density at radius 1 is 1.20 bits per heavy atom. The lowest BCUT2D eigenvalue weighted by Gasteiger charge is -2.20. The maximum Gasteiger partial charge on any atom is 0.256 e. The summed E-state index contributed by atoms with van der Waals surface area (Å²) in [5.74, 6) is 0.201. The summed E-state index contributed by atoms with van der Waals surface area (Å²) in [6.07, 6.45) is 1.60. The van der Waals surface area contributed by atoms with E-state index in [2.05, 4.69) is 10.4 Å². The van der Waals surface area contributed by atoms with Crippen molar-refractivity contribution in [2.75, 3.05) is 18.4 Å². The fourth-order valence-electron chi connectivity index (χ4n) is 2.60. The van der Waals surface area contributed by atoms with E-state index in [9.17, 15) is 13.2 Å². The van der Waals surface area contributed by atoms with E-state index in [1.807, 2.05) is 6.92 Å². The van der Waals surface area contributed by atoms with Gasteiger partial charge in [-0.1, -0.05) is 19.9 Å². The number of carbonyl (C=O) groups excluding carboxylic acids is 1. The summed E-state index contributed by atoms with van der Waals surface area (Å²) >= 11 is 0. The van der Waals surface area contributed by atoms with Gasteiger partial charge in [0.15, 0.2) is 0 Å². The molecule has 1 amide bonds. The van der Waals surface area contributed by atoms with Gasteiger partial charge in [-0.15, -0.1) is 0 Å². The largest absolute Gasteiger partial charge is 0.307 e. The first kappa shape index (κ1) is 19.1. The molecular weight excluding hydrogens is 340 g/mol. The average molecular weight is 364 g/mol. The van der Waals surface area contributed by atoms with E-state index < -0.39 is 10.0 Å². The second-order valence-electron chi connectivity index (χ2n) is 5.56. The Kier molecular flexibility index (Phi) is 5.97. The Balaban J connectivity index is 2.37. The first-order valence-electron chi connectivity index (χ1n) is 8.29. The lowest BCUT2D eigenvalue weighted by Crippen LogP contribution is -2.31. The number of hydrogen-bond donors (Lipinski definition) is 1. The molecule has 1 aromatic heterocycles. The molecule has 0 fully saturated rings. The zero-order chi connectivity index (χ0) is 18.6. The predicted molar refractivity (Wildman–Crippen MR) is 97.1 cm³/mol. The highest BCUT2D eigenvalue weighted by atomic mass is 32.2. The first-order chi connectivity index (χ1) is 11.8. The maximum atomic E-state index is 12.8. The standard InChI is InChI=1S/C17H24N4O3S/c1-5-20(6-2)25(23,24)15-12-14(9-8-13(15)4)17(22)19-16-10-11-18-21(16)7-3/h8-12H,5-7H2,1-4H3,(H,19,22). The number of nitrogens with one attached hydrogen (secondary N) is 1. The van der Waals surface area contributed by atoms with E-state index in [-0.39, 0.29) is 10.8 Å². The van der Waals surface area contributed by atoms with Gasteiger partial charge in [0.25, 0.3) is 5.91 Å². The highest BCUT2D eigenvalue weighted by Crippen LogP contribution is 2.22. The van der Waals surface area contributed by atoms with E-state index >= 15 is 0 Å². The molecule has 1 aromatic carbocycles. The van der Waals surface area contributed by atoms with Crippen LogP contribution in [0, 0.1) is 6.92 Å². The van der Waals surface area contributed by atoms with Gasteiger partial charge in [-0.3, -0.25) is 4.79 Å². The molecule has 2 aromatic rings. The lowest BCUT2D eigenvalue weighted by molar-refractivity contribution is 0.102. The molecular formula is C17H24N4O3S. The minimum atomic E-state index is -3.63. The predicted octanol–water partition coefficient (Wildman–Crippen LogP) is 2.49. The summed E-state index contributed by atoms with van der Waals surface area (Å²) in [6.45, 7) is 8.61. The van der Waals surface area contributed by atoms with E-state index in [1.165, 1.54) is 10.4 Å². The van der Waals surface area contributed by atoms with Crippen molar-refractivity contribution >= 4 is 21.7 Å². The number of benzene rings is 1. The Morgan fingerprint density at radius 3 is 2.48 bits per heavy atom. The fraction of sp³-hybridized carbons (Fsp3) is 0.412. The van der Waals surface area contributed by atoms with Gasteiger partial charge < -0.3 is 5.32 Å². The molecule has 1 heterocycles. The number of amides is 1. The number of aryl methyl sites for hydroxylation is 2. The van der Waals surface area contributed by atoms with Crippen molar-refractivity contribution in [1.82, 2.24) is 14.1 Å². The lowest BCUT2D eigenvalue weighted by atomic mass is 10.1. The number of nitrogens with zero attached hydrogens (tertiary/aromatic N) is 3. The summed E-state index contributed by atoms with van der Waals surface area (Å²) in [7, 11) is -3.63. The number of aromatic nitrogens is 2. The molecule has 0 aliphatic heterocycles. The van der Waals surface area contributed by atoms with Crippen LogP contribution in [-0.4, -0.2) is 41.5 Å². The summed E-state index contributed by atoms with van der Waals surface area (Å²) in [5.41, 5.74) is 0.905. The number of rotatable bonds is 7. The van der Waals surface area contributed by atoms with Gasteiger partial charge in [0.2, 0.25) is 10.0 Å². The summed E-state index contributed by atoms with van der Waals surface area (Å²) < 4.78 is 28.6. The van der Waals surface area contributed by atoms with Crippen molar-refractivity contribution in [1.29, 1.82) is 0 Å². The maximum absolute atomic E-state index is 12.8. The molecule has 0 aliphatic rings. The smallest absolute Gasteiger partial charge is 0.256 e. The highest BCUT2D eigenvalue weighted by molar-refractivity contribution is 7.89. The summed E-state index contributed by atoms with van der Waals surface area (Å²) in [6, 6.07) is 6.41. The number of anilines is 1. The van der Waals surface area contributed by atoms with Gasteiger partial charge in [-0.25, -0.2) is 13.1 Å². The van der Waals surface area contributed by atoms with E-state index in [4.69, 9.17) is 0 Å². The SMILES string of the molecule is CCN(CC)S(=O)(=O)c1cc(C(=O)Nc2ccnn2CC)ccc1C. The minimum absolute atomic E-state index is 0.160. The third kappa shape index (κ3) is 3.91. The molecule has 8 heteroatoms. The molecule has 0 atom stereocenters. The number of hydrogen-bond acceptors (Lipinski definition) is 4. The van der Waals surface area contributed by atoms with Crippen LogP contribution < -0.4 is 5.32 Å². The molecule has 0 bridgehead atoms. The topological polar surface area (TPSA) is 84.3 Å². The third-order valence-electron chi connectivity index (χ3n) is 4.03. The average Bonchev–Trinajstić information content (AvgIpc) is 3.03. The number of carbonyl (C=O) groups is 1. The van der Waals surface area contributed by atoms with Crippen molar-refractivity contribution in [3.63, 3.8) is 0 Å². The molecule has 0 aliphatic carbocycles. The molecule has 0 saturated carbocycles. The zero-order valence-corrected chi connectivity index (χ0v) is 15.8. The van der Waals surface area contributed by atoms with Crippen LogP contribution in [0.3, 0.4) is 0 Å². The highest BCUT2D eigenvalue weighted by Gasteiger charge is 2.24. The molecule has 1 N–H and O–H groups in total. The van der Waals surface area contributed by atoms with E-state index in [1.54, 1.807) is 49.8 Å². The van der Waals surface area contributed by atoms with Crippen molar-refractivity contribution in [3.05, 3.63) is 41.6 Å². The summed E-state index contributed by atoms with van der Waals surface area (Å²) in [5, 5.41) is 6.86. The van der Waals surface area contributed by atoms with Crippen LogP contribution in [0.15, 0.2) is 35.4 Å². The Morgan fingerprint density at radius 2 is 1.88 bits per heavy atom. The second-order valence-corrected chi connectivity index (χ2v) is 7.46. The van der Waals surface area contributed by atoms with Crippen molar-refractivity contribution in [2.24, 2.45) is 0 Å². The number of sulfonamides is 1. The monoisotopic (exact) mass is 364 g/mol. The summed E-state index contributed by atoms with van der Waals surface area (Å²) in [4.78, 5) is 12.7. The second kappa shape index (κ2) is 7.79. The molecule has 0 radical (unpaired) electrons. The molecule has 7 nitrogen and oxygen atoms in total. The van der Waals surface area contributed by atoms with Crippen LogP contribution in [0.1, 0.15) is 36.7 Å². The third-order valence-corrected chi connectivity index (χ3v) is 6.22. The molecule has 136 valence electrons. The van der Waals surface area contributed by atoms with Crippen molar-refractivity contribution in [2.45, 2.75) is 39.1 Å². The Labute approximate surface area is 148 Å². The molecule has 2 rings (SSSR count). The first-order valence-corrected chi connectivity index (χ1v) is 9.73. The zero-order valence-electron chi connectivity index (χ0n) is 15.0. The van der Waals surface area contributed by atoms with Gasteiger partial charge in [0.1, 0.15) is 5.82 Å². The molecule has 0 unspecified atom stereocenters. The normalized spacial score (nSPS) is 11.7. The molecule has 25 heavy (non-hydrogen) atoms. The van der Waals surface area contributed by atoms with Crippen LogP contribution in [0.4, 0.5) is 5.82 Å². The van der Waals surface area contributed by atoms with E-state index in [0.717, 1.165) is 0 Å². The minimum Gasteiger partial charge on any atom is -0.307 e. The van der Waals surface area contributed by atoms with Gasteiger partial charge >= 0.3 is 0 Å². The van der Waals surface area contributed by atoms with Crippen molar-refractivity contribution in [3.8, 4) is 0 Å². The molecule has 0 spiro atoms. The van der Waals surface area contributed by atoms with Crippen LogP contribution in [-0.2, 0) is 16.6 Å². The van der Waals surface area contributed by atoms with Crippen LogP contribution in [0.25, 0.3) is 0 Å². The Bertz CT molecular complexity index is 855. The van der Waals surface area contributed by atoms with Crippen molar-refractivity contribution < 1.29 is 13.2 Å².